The van der Waals surface area contributed by atoms with E-state index in [0.29, 0.717) is 19.4 Å². The standard InChI is InChI=1S/C25H24F3N5O2/c1-32(13-7-11-19-15-21(30-29-19)17-8-4-3-5-9-17)24(34)23-22(35-2)16-33(31-23)20-12-6-10-18(14-20)25(26,27)28/h3-6,8-10,12,14-16H,7,11,13H2,1-2H3,(H,29,30). The fourth-order valence-corrected chi connectivity index (χ4v) is 3.65. The lowest BCUT2D eigenvalue weighted by molar-refractivity contribution is -0.137. The minimum Gasteiger partial charge on any atom is -0.493 e. The predicted molar refractivity (Wildman–Crippen MR) is 124 cm³/mol. The monoisotopic (exact) mass is 483 g/mol. The highest BCUT2D eigenvalue weighted by Gasteiger charge is 2.31. The second kappa shape index (κ2) is 10.0. The van der Waals surface area contributed by atoms with E-state index in [4.69, 9.17) is 4.74 Å². The molecular formula is C25H24F3N5O2. The van der Waals surface area contributed by atoms with Crippen molar-refractivity contribution >= 4 is 5.91 Å². The van der Waals surface area contributed by atoms with E-state index in [0.717, 1.165) is 29.1 Å². The molecule has 1 N–H and O–H groups in total. The van der Waals surface area contributed by atoms with Gasteiger partial charge in [0.15, 0.2) is 11.4 Å². The molecule has 2 aromatic carbocycles. The van der Waals surface area contributed by atoms with Crippen molar-refractivity contribution in [3.63, 3.8) is 0 Å². The number of hydrogen-bond acceptors (Lipinski definition) is 4. The predicted octanol–water partition coefficient (Wildman–Crippen LogP) is 4.99. The average molecular weight is 483 g/mol. The van der Waals surface area contributed by atoms with Gasteiger partial charge < -0.3 is 9.64 Å². The number of ether oxygens (including phenoxy) is 1. The van der Waals surface area contributed by atoms with E-state index in [-0.39, 0.29) is 23.0 Å². The lowest BCUT2D eigenvalue weighted by Gasteiger charge is -2.16. The van der Waals surface area contributed by atoms with Gasteiger partial charge in [-0.3, -0.25) is 9.89 Å². The molecule has 0 aliphatic rings. The Kier molecular flexibility index (Phi) is 6.90. The number of hydrogen-bond donors (Lipinski definition) is 1. The van der Waals surface area contributed by atoms with E-state index in [2.05, 4.69) is 15.3 Å². The molecule has 0 spiro atoms. The van der Waals surface area contributed by atoms with Gasteiger partial charge in [-0.2, -0.15) is 23.4 Å². The third-order valence-corrected chi connectivity index (χ3v) is 5.53. The third-order valence-electron chi connectivity index (χ3n) is 5.53. The van der Waals surface area contributed by atoms with Crippen molar-refractivity contribution in [2.24, 2.45) is 0 Å². The van der Waals surface area contributed by atoms with Crippen LogP contribution in [-0.2, 0) is 12.6 Å². The molecule has 0 saturated carbocycles. The van der Waals surface area contributed by atoms with Crippen molar-refractivity contribution in [3.8, 4) is 22.7 Å². The summed E-state index contributed by atoms with van der Waals surface area (Å²) in [6, 6.07) is 16.5. The first-order chi connectivity index (χ1) is 16.8. The number of alkyl halides is 3. The quantitative estimate of drug-likeness (QED) is 0.383. The van der Waals surface area contributed by atoms with Gasteiger partial charge in [0.05, 0.1) is 30.3 Å². The smallest absolute Gasteiger partial charge is 0.416 e. The molecule has 182 valence electrons. The highest BCUT2D eigenvalue weighted by molar-refractivity contribution is 5.94. The molecule has 35 heavy (non-hydrogen) atoms. The number of methoxy groups -OCH3 is 1. The maximum absolute atomic E-state index is 13.1. The van der Waals surface area contributed by atoms with Crippen molar-refractivity contribution < 1.29 is 22.7 Å². The number of aromatic nitrogens is 4. The lowest BCUT2D eigenvalue weighted by atomic mass is 10.1. The normalized spacial score (nSPS) is 11.5. The second-order valence-corrected chi connectivity index (χ2v) is 8.01. The summed E-state index contributed by atoms with van der Waals surface area (Å²) in [5, 5.41) is 11.6. The summed E-state index contributed by atoms with van der Waals surface area (Å²) in [7, 11) is 3.03. The molecule has 0 aliphatic carbocycles. The van der Waals surface area contributed by atoms with Gasteiger partial charge in [-0.15, -0.1) is 0 Å². The second-order valence-electron chi connectivity index (χ2n) is 8.01. The number of amides is 1. The number of aromatic amines is 1. The third kappa shape index (κ3) is 5.53. The minimum absolute atomic E-state index is 0.0281. The summed E-state index contributed by atoms with van der Waals surface area (Å²) in [6.07, 6.45) is -1.72. The summed E-state index contributed by atoms with van der Waals surface area (Å²) in [6.45, 7) is 0.443. The zero-order valence-corrected chi connectivity index (χ0v) is 19.2. The number of halogens is 3. The first-order valence-corrected chi connectivity index (χ1v) is 10.9. The Morgan fingerprint density at radius 3 is 2.60 bits per heavy atom. The van der Waals surface area contributed by atoms with Gasteiger partial charge >= 0.3 is 6.18 Å². The molecule has 2 heterocycles. The number of rotatable bonds is 8. The van der Waals surface area contributed by atoms with Crippen LogP contribution in [0.1, 0.15) is 28.2 Å². The van der Waals surface area contributed by atoms with E-state index < -0.39 is 11.7 Å². The number of carbonyl (C=O) groups is 1. The van der Waals surface area contributed by atoms with Crippen LogP contribution in [-0.4, -0.2) is 51.5 Å². The Balaban J connectivity index is 1.41. The van der Waals surface area contributed by atoms with Crippen molar-refractivity contribution in [2.45, 2.75) is 19.0 Å². The lowest BCUT2D eigenvalue weighted by Crippen LogP contribution is -2.28. The Hall–Kier alpha value is -4.08. The van der Waals surface area contributed by atoms with Gasteiger partial charge in [0, 0.05) is 24.8 Å². The highest BCUT2D eigenvalue weighted by atomic mass is 19.4. The van der Waals surface area contributed by atoms with Gasteiger partial charge in [0.2, 0.25) is 0 Å². The van der Waals surface area contributed by atoms with Gasteiger partial charge in [0.1, 0.15) is 0 Å². The summed E-state index contributed by atoms with van der Waals surface area (Å²) in [4.78, 5) is 14.5. The Labute approximate surface area is 200 Å². The van der Waals surface area contributed by atoms with Crippen molar-refractivity contribution in [1.82, 2.24) is 24.9 Å². The van der Waals surface area contributed by atoms with Crippen LogP contribution < -0.4 is 4.74 Å². The fraction of sp³-hybridized carbons (Fsp3) is 0.240. The Bertz CT molecular complexity index is 1300. The fourth-order valence-electron chi connectivity index (χ4n) is 3.65. The van der Waals surface area contributed by atoms with Crippen LogP contribution in [0, 0.1) is 0 Å². The maximum atomic E-state index is 13.1. The average Bonchev–Trinajstić information content (AvgIpc) is 3.51. The molecule has 7 nitrogen and oxygen atoms in total. The van der Waals surface area contributed by atoms with E-state index in [1.165, 1.54) is 35.0 Å². The zero-order chi connectivity index (χ0) is 25.0. The van der Waals surface area contributed by atoms with Crippen molar-refractivity contribution in [3.05, 3.63) is 83.8 Å². The highest BCUT2D eigenvalue weighted by Crippen LogP contribution is 2.31. The van der Waals surface area contributed by atoms with Crippen molar-refractivity contribution in [2.75, 3.05) is 20.7 Å². The van der Waals surface area contributed by atoms with Crippen LogP contribution in [0.15, 0.2) is 66.9 Å². The zero-order valence-electron chi connectivity index (χ0n) is 19.2. The van der Waals surface area contributed by atoms with Crippen LogP contribution in [0.5, 0.6) is 5.75 Å². The molecule has 4 aromatic rings. The molecule has 0 aliphatic heterocycles. The number of benzene rings is 2. The first-order valence-electron chi connectivity index (χ1n) is 10.9. The summed E-state index contributed by atoms with van der Waals surface area (Å²) < 4.78 is 45.7. The SMILES string of the molecule is COc1cn(-c2cccc(C(F)(F)F)c2)nc1C(=O)N(C)CCCc1cc(-c2ccccc2)n[nH]1. The van der Waals surface area contributed by atoms with E-state index in [1.54, 1.807) is 7.05 Å². The molecule has 10 heteroatoms. The Morgan fingerprint density at radius 1 is 1.11 bits per heavy atom. The Morgan fingerprint density at radius 2 is 1.89 bits per heavy atom. The molecule has 0 radical (unpaired) electrons. The van der Waals surface area contributed by atoms with Crippen LogP contribution in [0.4, 0.5) is 13.2 Å². The summed E-state index contributed by atoms with van der Waals surface area (Å²) in [5.74, 6) is -0.206. The van der Waals surface area contributed by atoms with Gasteiger partial charge in [-0.1, -0.05) is 36.4 Å². The van der Waals surface area contributed by atoms with E-state index in [1.807, 2.05) is 36.4 Å². The number of nitrogens with one attached hydrogen (secondary N) is 1. The molecule has 4 rings (SSSR count). The maximum Gasteiger partial charge on any atom is 0.416 e. The molecule has 0 saturated heterocycles. The van der Waals surface area contributed by atoms with Gasteiger partial charge in [-0.25, -0.2) is 4.68 Å². The molecule has 0 fully saturated rings. The van der Waals surface area contributed by atoms with E-state index in [9.17, 15) is 18.0 Å². The number of carbonyl (C=O) groups excluding carboxylic acids is 1. The molecule has 0 bridgehead atoms. The topological polar surface area (TPSA) is 76.0 Å². The van der Waals surface area contributed by atoms with E-state index >= 15 is 0 Å². The molecule has 0 atom stereocenters. The minimum atomic E-state index is -4.48. The van der Waals surface area contributed by atoms with Gasteiger partial charge in [0.25, 0.3) is 5.91 Å². The van der Waals surface area contributed by atoms with Crippen LogP contribution in [0.25, 0.3) is 16.9 Å². The molecule has 1 amide bonds. The first kappa shape index (κ1) is 24.1. The summed E-state index contributed by atoms with van der Waals surface area (Å²) >= 11 is 0. The molecule has 0 unspecified atom stereocenters. The number of aryl methyl sites for hydroxylation is 1. The molecule has 2 aromatic heterocycles. The van der Waals surface area contributed by atoms with Crippen LogP contribution in [0.3, 0.4) is 0 Å². The van der Waals surface area contributed by atoms with Crippen LogP contribution in [0.2, 0.25) is 0 Å². The largest absolute Gasteiger partial charge is 0.493 e. The number of H-pyrrole nitrogens is 1. The van der Waals surface area contributed by atoms with Gasteiger partial charge in [-0.05, 0) is 37.1 Å². The van der Waals surface area contributed by atoms with Crippen LogP contribution >= 0.6 is 0 Å². The summed E-state index contributed by atoms with van der Waals surface area (Å²) in [5.41, 5.74) is 2.23. The number of nitrogens with zero attached hydrogens (tertiary/aromatic N) is 4. The van der Waals surface area contributed by atoms with Crippen molar-refractivity contribution in [1.29, 1.82) is 0 Å². The molecular weight excluding hydrogens is 459 g/mol.